The summed E-state index contributed by atoms with van der Waals surface area (Å²) < 4.78 is 6.11. The van der Waals surface area contributed by atoms with Crippen molar-refractivity contribution in [2.75, 3.05) is 42.3 Å². The van der Waals surface area contributed by atoms with Gasteiger partial charge in [0.05, 0.1) is 47.4 Å². The summed E-state index contributed by atoms with van der Waals surface area (Å²) in [6.07, 6.45) is 0.923. The van der Waals surface area contributed by atoms with E-state index in [-0.39, 0.29) is 23.6 Å². The van der Waals surface area contributed by atoms with Crippen LogP contribution in [0.4, 0.5) is 27.9 Å². The molecule has 0 saturated carbocycles. The van der Waals surface area contributed by atoms with Crippen LogP contribution in [-0.2, 0) is 4.74 Å². The Kier molecular flexibility index (Phi) is 6.75. The average Bonchev–Trinajstić information content (AvgIpc) is 3.43. The molecule has 13 heteroatoms. The second kappa shape index (κ2) is 9.91. The lowest BCUT2D eigenvalue weighted by Crippen LogP contribution is -2.39. The number of alkyl carbamates (subject to hydrolysis) is 1. The van der Waals surface area contributed by atoms with Gasteiger partial charge in [0.1, 0.15) is 6.07 Å². The number of carbonyl (C=O) groups excluding carboxylic acids is 1. The molecule has 1 aromatic carbocycles. The Morgan fingerprint density at radius 1 is 1.31 bits per heavy atom. The number of nitrogens with one attached hydrogen (secondary N) is 3. The predicted molar refractivity (Wildman–Crippen MR) is 130 cm³/mol. The highest BCUT2D eigenvalue weighted by Crippen LogP contribution is 2.38. The van der Waals surface area contributed by atoms with Crippen LogP contribution in [0.1, 0.15) is 25.1 Å². The molecule has 1 aliphatic rings. The molecule has 0 unspecified atom stereocenters. The van der Waals surface area contributed by atoms with Crippen molar-refractivity contribution in [1.29, 1.82) is 10.5 Å². The van der Waals surface area contributed by atoms with Gasteiger partial charge in [-0.2, -0.15) is 20.0 Å². The highest BCUT2D eigenvalue weighted by molar-refractivity contribution is 6.36. The number of nitriles is 2. The Bertz CT molecular complexity index is 1360. The summed E-state index contributed by atoms with van der Waals surface area (Å²) in [5, 5.41) is 32.8. The Morgan fingerprint density at radius 2 is 2.11 bits per heavy atom. The maximum absolute atomic E-state index is 11.7. The number of imidazole rings is 1. The molecule has 3 aromatic rings. The lowest BCUT2D eigenvalue weighted by molar-refractivity contribution is 0.165. The first-order chi connectivity index (χ1) is 16.9. The minimum atomic E-state index is -0.497. The summed E-state index contributed by atoms with van der Waals surface area (Å²) in [6, 6.07) is 7.38. The normalized spacial score (nSPS) is 17.0. The van der Waals surface area contributed by atoms with Crippen molar-refractivity contribution < 1.29 is 9.53 Å². The van der Waals surface area contributed by atoms with E-state index in [9.17, 15) is 15.3 Å². The second-order valence-electron chi connectivity index (χ2n) is 8.02. The van der Waals surface area contributed by atoms with E-state index in [2.05, 4.69) is 43.2 Å². The Hall–Kier alpha value is -4.29. The molecule has 3 N–H and O–H groups in total. The highest BCUT2D eigenvalue weighted by Gasteiger charge is 2.32. The molecule has 0 bridgehead atoms. The van der Waals surface area contributed by atoms with E-state index in [1.807, 2.05) is 18.7 Å². The molecule has 2 atom stereocenters. The number of anilines is 4. The van der Waals surface area contributed by atoms with Crippen molar-refractivity contribution >= 4 is 46.5 Å². The van der Waals surface area contributed by atoms with Gasteiger partial charge in [-0.05, 0) is 25.0 Å². The van der Waals surface area contributed by atoms with E-state index in [0.717, 1.165) is 0 Å². The molecular weight excluding hydrogens is 472 g/mol. The van der Waals surface area contributed by atoms with Crippen LogP contribution in [0.5, 0.6) is 0 Å². The molecular formula is C22H23ClN10O2. The number of fused-ring (bicyclic) bond motifs is 1. The Morgan fingerprint density at radius 3 is 2.80 bits per heavy atom. The molecule has 3 heterocycles. The van der Waals surface area contributed by atoms with Gasteiger partial charge in [-0.1, -0.05) is 18.5 Å². The van der Waals surface area contributed by atoms with Gasteiger partial charge in [0.25, 0.3) is 0 Å². The first-order valence-electron chi connectivity index (χ1n) is 10.9. The second-order valence-corrected chi connectivity index (χ2v) is 8.40. The lowest BCUT2D eigenvalue weighted by Gasteiger charge is -2.22. The summed E-state index contributed by atoms with van der Waals surface area (Å²) in [6.45, 7) is 5.64. The predicted octanol–water partition coefficient (Wildman–Crippen LogP) is 2.88. The van der Waals surface area contributed by atoms with E-state index in [0.29, 0.717) is 53.1 Å². The lowest BCUT2D eigenvalue weighted by atomic mass is 10.1. The van der Waals surface area contributed by atoms with Gasteiger partial charge in [-0.25, -0.2) is 9.78 Å². The van der Waals surface area contributed by atoms with Gasteiger partial charge in [-0.15, -0.1) is 5.10 Å². The maximum atomic E-state index is 11.7. The van der Waals surface area contributed by atoms with Crippen molar-refractivity contribution in [1.82, 2.24) is 24.9 Å². The van der Waals surface area contributed by atoms with Crippen LogP contribution in [0.2, 0.25) is 5.02 Å². The van der Waals surface area contributed by atoms with Crippen molar-refractivity contribution in [2.45, 2.75) is 19.9 Å². The van der Waals surface area contributed by atoms with Gasteiger partial charge in [0.15, 0.2) is 17.2 Å². The molecule has 1 aliphatic heterocycles. The van der Waals surface area contributed by atoms with E-state index >= 15 is 0 Å². The smallest absolute Gasteiger partial charge is 0.407 e. The zero-order valence-electron chi connectivity index (χ0n) is 19.3. The Labute approximate surface area is 206 Å². The van der Waals surface area contributed by atoms with E-state index in [1.165, 1.54) is 17.8 Å². The molecule has 2 aromatic heterocycles. The van der Waals surface area contributed by atoms with Crippen LogP contribution in [0.15, 0.2) is 18.3 Å². The Balaban J connectivity index is 1.70. The first kappa shape index (κ1) is 23.9. The molecule has 12 nitrogen and oxygen atoms in total. The summed E-state index contributed by atoms with van der Waals surface area (Å²) in [5.74, 6) is 0.752. The van der Waals surface area contributed by atoms with Crippen LogP contribution in [0.3, 0.4) is 0 Å². The van der Waals surface area contributed by atoms with Gasteiger partial charge in [0.2, 0.25) is 5.95 Å². The summed E-state index contributed by atoms with van der Waals surface area (Å²) in [7, 11) is 1.32. The topological polar surface area (TPSA) is 156 Å². The quantitative estimate of drug-likeness (QED) is 0.465. The first-order valence-corrected chi connectivity index (χ1v) is 11.3. The monoisotopic (exact) mass is 494 g/mol. The third kappa shape index (κ3) is 4.69. The molecule has 35 heavy (non-hydrogen) atoms. The fraction of sp³-hybridized carbons (Fsp3) is 0.364. The number of rotatable bonds is 6. The third-order valence-electron chi connectivity index (χ3n) is 5.69. The largest absolute Gasteiger partial charge is 0.453 e. The van der Waals surface area contributed by atoms with Crippen LogP contribution in [-0.4, -0.2) is 58.5 Å². The number of aromatic nitrogens is 4. The minimum absolute atomic E-state index is 0.131. The van der Waals surface area contributed by atoms with Crippen LogP contribution < -0.4 is 20.9 Å². The van der Waals surface area contributed by atoms with Gasteiger partial charge in [0, 0.05) is 19.6 Å². The number of methoxy groups -OCH3 is 1. The van der Waals surface area contributed by atoms with Crippen molar-refractivity contribution in [3.8, 4) is 12.1 Å². The fourth-order valence-electron chi connectivity index (χ4n) is 3.97. The van der Waals surface area contributed by atoms with Crippen molar-refractivity contribution in [3.63, 3.8) is 0 Å². The number of carbonyl (C=O) groups is 1. The summed E-state index contributed by atoms with van der Waals surface area (Å²) in [4.78, 5) is 22.4. The van der Waals surface area contributed by atoms with Gasteiger partial charge >= 0.3 is 6.09 Å². The molecule has 0 aliphatic carbocycles. The molecule has 1 amide bonds. The minimum Gasteiger partial charge on any atom is -0.453 e. The molecule has 4 rings (SSSR count). The van der Waals surface area contributed by atoms with E-state index < -0.39 is 6.09 Å². The summed E-state index contributed by atoms with van der Waals surface area (Å²) in [5.41, 5.74) is 2.12. The third-order valence-corrected chi connectivity index (χ3v) is 6.09. The van der Waals surface area contributed by atoms with Crippen molar-refractivity contribution in [3.05, 3.63) is 34.6 Å². The molecule has 0 spiro atoms. The number of benzene rings is 1. The zero-order valence-corrected chi connectivity index (χ0v) is 20.1. The van der Waals surface area contributed by atoms with Gasteiger partial charge in [-0.3, -0.25) is 0 Å². The molecule has 1 saturated heterocycles. The number of hydrogen-bond acceptors (Lipinski definition) is 10. The number of amides is 1. The van der Waals surface area contributed by atoms with Gasteiger partial charge < -0.3 is 25.6 Å². The number of ether oxygens (including phenoxy) is 1. The van der Waals surface area contributed by atoms with Crippen LogP contribution >= 0.6 is 11.6 Å². The standard InChI is InChI=1S/C22H23ClN10O2/c1-4-26-19-20-27-9-14(8-25)33(20)31-21(30-19)28-15-5-13(7-24)6-17(18(15)23)32-10-12(2)16(11-32)29-22(34)35-3/h5-6,9,12,16H,4,10-11H2,1-3H3,(H,29,34)(H2,26,28,30,31)/t12-,16+/m0/s1. The fourth-order valence-corrected chi connectivity index (χ4v) is 4.25. The SMILES string of the molecule is CCNc1nc(Nc2cc(C#N)cc(N3C[C@H](C)[C@H](NC(=O)OC)C3)c2Cl)nn2c(C#N)cnc12. The van der Waals surface area contributed by atoms with Crippen molar-refractivity contribution in [2.24, 2.45) is 5.92 Å². The maximum Gasteiger partial charge on any atom is 0.407 e. The van der Waals surface area contributed by atoms with Crippen LogP contribution in [0, 0.1) is 28.6 Å². The molecule has 1 fully saturated rings. The number of nitrogens with zero attached hydrogens (tertiary/aromatic N) is 7. The van der Waals surface area contributed by atoms with E-state index in [4.69, 9.17) is 16.3 Å². The highest BCUT2D eigenvalue weighted by atomic mass is 35.5. The molecule has 0 radical (unpaired) electrons. The number of hydrogen-bond donors (Lipinski definition) is 3. The molecule has 180 valence electrons. The average molecular weight is 495 g/mol. The van der Waals surface area contributed by atoms with Crippen LogP contribution in [0.25, 0.3) is 5.65 Å². The zero-order chi connectivity index (χ0) is 25.1. The summed E-state index contributed by atoms with van der Waals surface area (Å²) >= 11 is 6.78. The number of halogens is 1. The van der Waals surface area contributed by atoms with E-state index in [1.54, 1.807) is 12.1 Å².